The van der Waals surface area contributed by atoms with Gasteiger partial charge in [0, 0.05) is 24.8 Å². The minimum absolute atomic E-state index is 0.261. The van der Waals surface area contributed by atoms with Gasteiger partial charge in [0.1, 0.15) is 11.6 Å². The number of hydrogen-bond donors (Lipinski definition) is 2. The molecule has 2 aromatic carbocycles. The molecule has 0 amide bonds. The van der Waals surface area contributed by atoms with Crippen molar-refractivity contribution in [1.29, 1.82) is 0 Å². The van der Waals surface area contributed by atoms with Gasteiger partial charge in [0.15, 0.2) is 0 Å². The van der Waals surface area contributed by atoms with E-state index in [2.05, 4.69) is 45.3 Å². The summed E-state index contributed by atoms with van der Waals surface area (Å²) in [7, 11) is 3.72. The molecule has 1 heterocycles. The SMILES string of the molecule is COc1cccc(CN(C)Cc2cc(Nc3ccc(C)cc3)nc(N)n2)c1. The summed E-state index contributed by atoms with van der Waals surface area (Å²) in [6, 6.07) is 18.1. The fourth-order valence-electron chi connectivity index (χ4n) is 2.86. The summed E-state index contributed by atoms with van der Waals surface area (Å²) < 4.78 is 5.29. The number of hydrogen-bond acceptors (Lipinski definition) is 6. The van der Waals surface area contributed by atoms with Crippen molar-refractivity contribution in [3.63, 3.8) is 0 Å². The molecule has 3 aromatic rings. The molecule has 0 spiro atoms. The van der Waals surface area contributed by atoms with Crippen molar-refractivity contribution in [2.24, 2.45) is 0 Å². The van der Waals surface area contributed by atoms with Crippen molar-refractivity contribution in [2.75, 3.05) is 25.2 Å². The molecule has 1 aromatic heterocycles. The number of nitrogens with one attached hydrogen (secondary N) is 1. The normalized spacial score (nSPS) is 10.8. The second-order valence-electron chi connectivity index (χ2n) is 6.62. The van der Waals surface area contributed by atoms with Gasteiger partial charge in [-0.05, 0) is 43.8 Å². The lowest BCUT2D eigenvalue weighted by Gasteiger charge is -2.17. The smallest absolute Gasteiger partial charge is 0.222 e. The summed E-state index contributed by atoms with van der Waals surface area (Å²) in [5.41, 5.74) is 10.1. The number of nitrogen functional groups attached to an aromatic ring is 1. The Balaban J connectivity index is 1.68. The fraction of sp³-hybridized carbons (Fsp3) is 0.238. The molecule has 0 aliphatic carbocycles. The number of methoxy groups -OCH3 is 1. The molecular weight excluding hydrogens is 338 g/mol. The third kappa shape index (κ3) is 5.43. The number of anilines is 3. The van der Waals surface area contributed by atoms with Crippen LogP contribution in [0.15, 0.2) is 54.6 Å². The van der Waals surface area contributed by atoms with Gasteiger partial charge in [-0.25, -0.2) is 4.98 Å². The van der Waals surface area contributed by atoms with Crippen LogP contribution in [0.2, 0.25) is 0 Å². The van der Waals surface area contributed by atoms with Crippen molar-refractivity contribution < 1.29 is 4.74 Å². The number of nitrogens with zero attached hydrogens (tertiary/aromatic N) is 3. The Morgan fingerprint density at radius 3 is 2.56 bits per heavy atom. The zero-order chi connectivity index (χ0) is 19.2. The Morgan fingerprint density at radius 1 is 1.04 bits per heavy atom. The summed E-state index contributed by atoms with van der Waals surface area (Å²) in [5, 5.41) is 3.28. The summed E-state index contributed by atoms with van der Waals surface area (Å²) in [6.45, 7) is 3.50. The first kappa shape index (κ1) is 18.7. The minimum atomic E-state index is 0.261. The lowest BCUT2D eigenvalue weighted by Crippen LogP contribution is -2.18. The van der Waals surface area contributed by atoms with Crippen LogP contribution < -0.4 is 15.8 Å². The molecule has 0 saturated heterocycles. The lowest BCUT2D eigenvalue weighted by molar-refractivity contribution is 0.314. The lowest BCUT2D eigenvalue weighted by atomic mass is 10.2. The van der Waals surface area contributed by atoms with Crippen molar-refractivity contribution in [3.05, 3.63) is 71.4 Å². The van der Waals surface area contributed by atoms with E-state index in [-0.39, 0.29) is 5.95 Å². The van der Waals surface area contributed by atoms with Gasteiger partial charge in [0.2, 0.25) is 5.95 Å². The molecular formula is C21H25N5O. The molecule has 6 nitrogen and oxygen atoms in total. The van der Waals surface area contributed by atoms with Gasteiger partial charge in [0.25, 0.3) is 0 Å². The van der Waals surface area contributed by atoms with Gasteiger partial charge in [0.05, 0.1) is 12.8 Å². The maximum Gasteiger partial charge on any atom is 0.222 e. The molecule has 0 aliphatic heterocycles. The third-order valence-electron chi connectivity index (χ3n) is 4.14. The average molecular weight is 363 g/mol. The van der Waals surface area contributed by atoms with Crippen LogP contribution >= 0.6 is 0 Å². The van der Waals surface area contributed by atoms with Crippen LogP contribution in [0.25, 0.3) is 0 Å². The van der Waals surface area contributed by atoms with E-state index in [1.54, 1.807) is 7.11 Å². The van der Waals surface area contributed by atoms with Crippen molar-refractivity contribution in [3.8, 4) is 5.75 Å². The molecule has 6 heteroatoms. The predicted molar refractivity (Wildman–Crippen MR) is 109 cm³/mol. The zero-order valence-electron chi connectivity index (χ0n) is 15.9. The van der Waals surface area contributed by atoms with E-state index in [4.69, 9.17) is 10.5 Å². The monoisotopic (exact) mass is 363 g/mol. The first-order valence-corrected chi connectivity index (χ1v) is 8.80. The minimum Gasteiger partial charge on any atom is -0.497 e. The highest BCUT2D eigenvalue weighted by Crippen LogP contribution is 2.18. The Bertz CT molecular complexity index is 895. The van der Waals surface area contributed by atoms with E-state index in [1.165, 1.54) is 11.1 Å². The number of aryl methyl sites for hydroxylation is 1. The molecule has 3 N–H and O–H groups in total. The third-order valence-corrected chi connectivity index (χ3v) is 4.14. The van der Waals surface area contributed by atoms with Crippen LogP contribution in [-0.2, 0) is 13.1 Å². The van der Waals surface area contributed by atoms with E-state index in [0.717, 1.165) is 23.7 Å². The number of nitrogens with two attached hydrogens (primary N) is 1. The maximum absolute atomic E-state index is 5.91. The topological polar surface area (TPSA) is 76.3 Å². The van der Waals surface area contributed by atoms with Gasteiger partial charge in [-0.15, -0.1) is 0 Å². The second-order valence-corrected chi connectivity index (χ2v) is 6.62. The quantitative estimate of drug-likeness (QED) is 0.666. The van der Waals surface area contributed by atoms with Crippen LogP contribution in [0.5, 0.6) is 5.75 Å². The van der Waals surface area contributed by atoms with Crippen LogP contribution in [0.3, 0.4) is 0 Å². The Hall–Kier alpha value is -3.12. The van der Waals surface area contributed by atoms with E-state index >= 15 is 0 Å². The molecule has 0 radical (unpaired) electrons. The van der Waals surface area contributed by atoms with E-state index in [1.807, 2.05) is 43.4 Å². The van der Waals surface area contributed by atoms with Crippen molar-refractivity contribution in [2.45, 2.75) is 20.0 Å². The van der Waals surface area contributed by atoms with E-state index in [0.29, 0.717) is 12.4 Å². The number of rotatable bonds is 7. The summed E-state index contributed by atoms with van der Waals surface area (Å²) in [5.74, 6) is 1.81. The fourth-order valence-corrected chi connectivity index (χ4v) is 2.86. The molecule has 140 valence electrons. The number of ether oxygens (including phenoxy) is 1. The largest absolute Gasteiger partial charge is 0.497 e. The average Bonchev–Trinajstić information content (AvgIpc) is 2.63. The van der Waals surface area contributed by atoms with Crippen molar-refractivity contribution in [1.82, 2.24) is 14.9 Å². The summed E-state index contributed by atoms with van der Waals surface area (Å²) in [6.07, 6.45) is 0. The number of aromatic nitrogens is 2. The van der Waals surface area contributed by atoms with Crippen LogP contribution in [0, 0.1) is 6.92 Å². The van der Waals surface area contributed by atoms with Gasteiger partial charge >= 0.3 is 0 Å². The molecule has 0 unspecified atom stereocenters. The predicted octanol–water partition coefficient (Wildman–Crippen LogP) is 3.75. The summed E-state index contributed by atoms with van der Waals surface area (Å²) >= 11 is 0. The van der Waals surface area contributed by atoms with E-state index in [9.17, 15) is 0 Å². The Labute approximate surface area is 160 Å². The van der Waals surface area contributed by atoms with E-state index < -0.39 is 0 Å². The van der Waals surface area contributed by atoms with Crippen LogP contribution in [-0.4, -0.2) is 29.0 Å². The standard InChI is InChI=1S/C21H25N5O/c1-15-7-9-17(10-8-15)23-20-12-18(24-21(22)25-20)14-26(2)13-16-5-4-6-19(11-16)27-3/h4-12H,13-14H2,1-3H3,(H3,22,23,24,25). The highest BCUT2D eigenvalue weighted by atomic mass is 16.5. The molecule has 0 bridgehead atoms. The Kier molecular flexibility index (Phi) is 5.88. The highest BCUT2D eigenvalue weighted by molar-refractivity contribution is 5.57. The second kappa shape index (κ2) is 8.51. The molecule has 27 heavy (non-hydrogen) atoms. The van der Waals surface area contributed by atoms with Crippen LogP contribution in [0.4, 0.5) is 17.5 Å². The number of benzene rings is 2. The summed E-state index contributed by atoms with van der Waals surface area (Å²) in [4.78, 5) is 10.8. The van der Waals surface area contributed by atoms with Gasteiger partial charge < -0.3 is 15.8 Å². The first-order valence-electron chi connectivity index (χ1n) is 8.80. The zero-order valence-corrected chi connectivity index (χ0v) is 15.9. The first-order chi connectivity index (χ1) is 13.0. The molecule has 3 rings (SSSR count). The Morgan fingerprint density at radius 2 is 1.81 bits per heavy atom. The molecule has 0 atom stereocenters. The van der Waals surface area contributed by atoms with Gasteiger partial charge in [-0.3, -0.25) is 4.90 Å². The molecule has 0 fully saturated rings. The highest BCUT2D eigenvalue weighted by Gasteiger charge is 2.08. The van der Waals surface area contributed by atoms with Gasteiger partial charge in [-0.2, -0.15) is 4.98 Å². The molecule has 0 aliphatic rings. The maximum atomic E-state index is 5.91. The van der Waals surface area contributed by atoms with Gasteiger partial charge in [-0.1, -0.05) is 29.8 Å². The van der Waals surface area contributed by atoms with Crippen LogP contribution in [0.1, 0.15) is 16.8 Å². The molecule has 0 saturated carbocycles. The van der Waals surface area contributed by atoms with Crippen molar-refractivity contribution >= 4 is 17.5 Å².